The van der Waals surface area contributed by atoms with E-state index in [9.17, 15) is 13.2 Å². The van der Waals surface area contributed by atoms with Gasteiger partial charge in [-0.05, 0) is 62.2 Å². The smallest absolute Gasteiger partial charge is 0.258 e. The highest BCUT2D eigenvalue weighted by Crippen LogP contribution is 2.18. The number of benzene rings is 2. The van der Waals surface area contributed by atoms with Gasteiger partial charge in [-0.3, -0.25) is 4.79 Å². The van der Waals surface area contributed by atoms with Gasteiger partial charge < -0.3 is 10.1 Å². The average molecular weight is 425 g/mol. The van der Waals surface area contributed by atoms with Gasteiger partial charge in [-0.15, -0.1) is 0 Å². The minimum absolute atomic E-state index is 0.146. The summed E-state index contributed by atoms with van der Waals surface area (Å²) >= 11 is 5.86. The Hall–Kier alpha value is -2.09. The zero-order valence-corrected chi connectivity index (χ0v) is 17.7. The molecule has 28 heavy (non-hydrogen) atoms. The van der Waals surface area contributed by atoms with E-state index in [0.29, 0.717) is 17.2 Å². The van der Waals surface area contributed by atoms with Gasteiger partial charge in [0.25, 0.3) is 5.91 Å². The molecule has 8 heteroatoms. The van der Waals surface area contributed by atoms with Crippen LogP contribution >= 0.6 is 11.6 Å². The van der Waals surface area contributed by atoms with Crippen LogP contribution in [-0.2, 0) is 14.8 Å². The van der Waals surface area contributed by atoms with Gasteiger partial charge in [0.2, 0.25) is 10.0 Å². The van der Waals surface area contributed by atoms with Crippen molar-refractivity contribution in [2.24, 2.45) is 0 Å². The molecule has 0 unspecified atom stereocenters. The van der Waals surface area contributed by atoms with E-state index in [2.05, 4.69) is 10.0 Å². The first-order valence-electron chi connectivity index (χ1n) is 9.01. The van der Waals surface area contributed by atoms with Crippen LogP contribution in [0, 0.1) is 0 Å². The molecule has 0 spiro atoms. The molecule has 2 atom stereocenters. The summed E-state index contributed by atoms with van der Waals surface area (Å²) in [6, 6.07) is 12.9. The molecular formula is C20H25ClN2O4S. The molecule has 0 aromatic heterocycles. The summed E-state index contributed by atoms with van der Waals surface area (Å²) < 4.78 is 32.5. The van der Waals surface area contributed by atoms with Gasteiger partial charge in [0.1, 0.15) is 5.75 Å². The first kappa shape index (κ1) is 22.2. The van der Waals surface area contributed by atoms with E-state index < -0.39 is 10.0 Å². The third kappa shape index (κ3) is 6.51. The highest BCUT2D eigenvalue weighted by molar-refractivity contribution is 7.89. The molecule has 2 N–H and O–H groups in total. The Kier molecular flexibility index (Phi) is 7.86. The van der Waals surface area contributed by atoms with Gasteiger partial charge in [0.15, 0.2) is 6.61 Å². The first-order valence-corrected chi connectivity index (χ1v) is 10.9. The lowest BCUT2D eigenvalue weighted by atomic mass is 10.1. The van der Waals surface area contributed by atoms with Crippen LogP contribution in [0.1, 0.15) is 38.8 Å². The van der Waals surface area contributed by atoms with Crippen molar-refractivity contribution in [2.75, 3.05) is 6.61 Å². The van der Waals surface area contributed by atoms with Crippen molar-refractivity contribution in [3.05, 3.63) is 59.1 Å². The maximum Gasteiger partial charge on any atom is 0.258 e. The predicted octanol–water partition coefficient (Wildman–Crippen LogP) is 3.67. The Morgan fingerprint density at radius 2 is 1.68 bits per heavy atom. The summed E-state index contributed by atoms with van der Waals surface area (Å²) in [7, 11) is -3.56. The second-order valence-electron chi connectivity index (χ2n) is 6.53. The molecule has 0 heterocycles. The zero-order valence-electron chi connectivity index (χ0n) is 16.1. The third-order valence-corrected chi connectivity index (χ3v) is 6.08. The molecule has 0 aliphatic rings. The van der Waals surface area contributed by atoms with Gasteiger partial charge >= 0.3 is 0 Å². The zero-order chi connectivity index (χ0) is 20.7. The minimum atomic E-state index is -3.56. The summed E-state index contributed by atoms with van der Waals surface area (Å²) in [6.45, 7) is 5.40. The van der Waals surface area contributed by atoms with Gasteiger partial charge in [0.05, 0.1) is 10.9 Å². The largest absolute Gasteiger partial charge is 0.484 e. The van der Waals surface area contributed by atoms with E-state index in [1.807, 2.05) is 26.0 Å². The van der Waals surface area contributed by atoms with Crippen molar-refractivity contribution in [1.82, 2.24) is 10.0 Å². The van der Waals surface area contributed by atoms with Gasteiger partial charge in [-0.2, -0.15) is 0 Å². The van der Waals surface area contributed by atoms with E-state index in [4.69, 9.17) is 16.3 Å². The summed E-state index contributed by atoms with van der Waals surface area (Å²) in [6.07, 6.45) is 0.698. The maximum atomic E-state index is 12.2. The monoisotopic (exact) mass is 424 g/mol. The summed E-state index contributed by atoms with van der Waals surface area (Å²) in [5.41, 5.74) is 0.932. The molecule has 2 aromatic rings. The Bertz CT molecular complexity index is 883. The van der Waals surface area contributed by atoms with Crippen LogP contribution in [0.15, 0.2) is 53.4 Å². The lowest BCUT2D eigenvalue weighted by molar-refractivity contribution is -0.123. The predicted molar refractivity (Wildman–Crippen MR) is 110 cm³/mol. The molecule has 0 aliphatic heterocycles. The number of halogens is 1. The van der Waals surface area contributed by atoms with Crippen LogP contribution in [0.2, 0.25) is 5.02 Å². The Morgan fingerprint density at radius 3 is 2.25 bits per heavy atom. The van der Waals surface area contributed by atoms with Crippen LogP contribution < -0.4 is 14.8 Å². The molecule has 0 radical (unpaired) electrons. The van der Waals surface area contributed by atoms with Crippen molar-refractivity contribution in [2.45, 2.75) is 44.2 Å². The van der Waals surface area contributed by atoms with Gasteiger partial charge in [0, 0.05) is 11.1 Å². The Balaban J connectivity index is 1.88. The van der Waals surface area contributed by atoms with Crippen LogP contribution in [-0.4, -0.2) is 27.0 Å². The minimum Gasteiger partial charge on any atom is -0.484 e. The molecule has 152 valence electrons. The molecule has 2 rings (SSSR count). The van der Waals surface area contributed by atoms with E-state index in [1.54, 1.807) is 19.1 Å². The van der Waals surface area contributed by atoms with E-state index in [0.717, 1.165) is 5.56 Å². The molecule has 6 nitrogen and oxygen atoms in total. The Labute approximate surface area is 171 Å². The fourth-order valence-electron chi connectivity index (χ4n) is 2.40. The first-order chi connectivity index (χ1) is 13.2. The number of carbonyl (C=O) groups is 1. The van der Waals surface area contributed by atoms with E-state index in [-0.39, 0.29) is 29.5 Å². The van der Waals surface area contributed by atoms with Crippen molar-refractivity contribution in [3.8, 4) is 5.75 Å². The molecule has 0 aliphatic carbocycles. The van der Waals surface area contributed by atoms with Crippen molar-refractivity contribution < 1.29 is 17.9 Å². The van der Waals surface area contributed by atoms with Crippen molar-refractivity contribution in [3.63, 3.8) is 0 Å². The second kappa shape index (κ2) is 9.91. The van der Waals surface area contributed by atoms with Crippen molar-refractivity contribution in [1.29, 1.82) is 0 Å². The number of nitrogens with one attached hydrogen (secondary N) is 2. The third-order valence-electron chi connectivity index (χ3n) is 4.22. The quantitative estimate of drug-likeness (QED) is 0.643. The SMILES string of the molecule is CC[C@H](C)NS(=O)(=O)c1ccc(OCC(=O)N[C@@H](C)c2ccc(Cl)cc2)cc1. The number of hydrogen-bond acceptors (Lipinski definition) is 4. The summed E-state index contributed by atoms with van der Waals surface area (Å²) in [5, 5.41) is 3.47. The lowest BCUT2D eigenvalue weighted by Gasteiger charge is -2.15. The normalized spacial score (nSPS) is 13.6. The molecule has 0 fully saturated rings. The maximum absolute atomic E-state index is 12.2. The van der Waals surface area contributed by atoms with Crippen molar-refractivity contribution >= 4 is 27.5 Å². The van der Waals surface area contributed by atoms with E-state index >= 15 is 0 Å². The molecule has 0 saturated carbocycles. The van der Waals surface area contributed by atoms with Gasteiger partial charge in [-0.1, -0.05) is 30.7 Å². The van der Waals surface area contributed by atoms with Crippen LogP contribution in [0.4, 0.5) is 0 Å². The number of sulfonamides is 1. The van der Waals surface area contributed by atoms with Crippen LogP contribution in [0.5, 0.6) is 5.75 Å². The number of hydrogen-bond donors (Lipinski definition) is 2. The average Bonchev–Trinajstić information content (AvgIpc) is 2.66. The number of ether oxygens (including phenoxy) is 1. The number of carbonyl (C=O) groups excluding carboxylic acids is 1. The fourth-order valence-corrected chi connectivity index (χ4v) is 3.85. The Morgan fingerprint density at radius 1 is 1.07 bits per heavy atom. The standard InChI is InChI=1S/C20H25ClN2O4S/c1-4-14(2)23-28(25,26)19-11-9-18(10-12-19)27-13-20(24)22-15(3)16-5-7-17(21)8-6-16/h5-12,14-15,23H,4,13H2,1-3H3,(H,22,24)/t14-,15-/m0/s1. The summed E-state index contributed by atoms with van der Waals surface area (Å²) in [5.74, 6) is 0.134. The summed E-state index contributed by atoms with van der Waals surface area (Å²) in [4.78, 5) is 12.2. The second-order valence-corrected chi connectivity index (χ2v) is 8.68. The van der Waals surface area contributed by atoms with E-state index in [1.165, 1.54) is 24.3 Å². The fraction of sp³-hybridized carbons (Fsp3) is 0.350. The highest BCUT2D eigenvalue weighted by Gasteiger charge is 2.16. The molecule has 1 amide bonds. The van der Waals surface area contributed by atoms with Gasteiger partial charge in [-0.25, -0.2) is 13.1 Å². The molecule has 0 bridgehead atoms. The molecule has 0 saturated heterocycles. The number of rotatable bonds is 9. The van der Waals surface area contributed by atoms with Crippen LogP contribution in [0.3, 0.4) is 0 Å². The topological polar surface area (TPSA) is 84.5 Å². The number of amides is 1. The van der Waals surface area contributed by atoms with Crippen LogP contribution in [0.25, 0.3) is 0 Å². The molecular weight excluding hydrogens is 400 g/mol. The molecule has 2 aromatic carbocycles. The lowest BCUT2D eigenvalue weighted by Crippen LogP contribution is -2.32. The highest BCUT2D eigenvalue weighted by atomic mass is 35.5.